The summed E-state index contributed by atoms with van der Waals surface area (Å²) in [5, 5.41) is 1.95. The molecule has 1 aromatic carbocycles. The normalized spacial score (nSPS) is 15.7. The molecule has 1 aromatic heterocycles. The van der Waals surface area contributed by atoms with Gasteiger partial charge in [0.1, 0.15) is 10.6 Å². The van der Waals surface area contributed by atoms with Crippen LogP contribution in [0.25, 0.3) is 0 Å². The van der Waals surface area contributed by atoms with Crippen LogP contribution in [0.3, 0.4) is 0 Å². The van der Waals surface area contributed by atoms with Gasteiger partial charge in [-0.2, -0.15) is 4.31 Å². The SMILES string of the molecule is COc1cc(C)c(C)cc1S(=O)(=O)N1CCN(C(=O)Cc2cccs2)CC1. The minimum atomic E-state index is -3.67. The van der Waals surface area contributed by atoms with Crippen LogP contribution in [-0.4, -0.2) is 56.8 Å². The Morgan fingerprint density at radius 3 is 2.41 bits per heavy atom. The molecule has 2 aromatic rings. The zero-order valence-corrected chi connectivity index (χ0v) is 17.4. The van der Waals surface area contributed by atoms with Gasteiger partial charge in [0, 0.05) is 31.1 Å². The van der Waals surface area contributed by atoms with Crippen LogP contribution >= 0.6 is 11.3 Å². The molecule has 0 bridgehead atoms. The molecule has 0 spiro atoms. The molecular formula is C19H24N2O4S2. The number of nitrogens with zero attached hydrogens (tertiary/aromatic N) is 2. The van der Waals surface area contributed by atoms with Gasteiger partial charge in [-0.1, -0.05) is 6.07 Å². The van der Waals surface area contributed by atoms with Crippen molar-refractivity contribution < 1.29 is 17.9 Å². The molecule has 0 atom stereocenters. The summed E-state index contributed by atoms with van der Waals surface area (Å²) in [6.45, 7) is 5.18. The minimum absolute atomic E-state index is 0.0401. The number of carbonyl (C=O) groups excluding carboxylic acids is 1. The highest BCUT2D eigenvalue weighted by Crippen LogP contribution is 2.30. The summed E-state index contributed by atoms with van der Waals surface area (Å²) in [5.74, 6) is 0.396. The summed E-state index contributed by atoms with van der Waals surface area (Å²) in [6, 6.07) is 7.28. The van der Waals surface area contributed by atoms with Crippen LogP contribution in [0, 0.1) is 13.8 Å². The molecule has 3 rings (SSSR count). The third kappa shape index (κ3) is 4.17. The Hall–Kier alpha value is -1.90. The zero-order chi connectivity index (χ0) is 19.6. The second-order valence-corrected chi connectivity index (χ2v) is 9.57. The van der Waals surface area contributed by atoms with Crippen LogP contribution in [0.5, 0.6) is 5.75 Å². The number of rotatable bonds is 5. The highest BCUT2D eigenvalue weighted by atomic mass is 32.2. The van der Waals surface area contributed by atoms with Crippen molar-refractivity contribution in [3.8, 4) is 5.75 Å². The summed E-state index contributed by atoms with van der Waals surface area (Å²) in [5.41, 5.74) is 1.88. The zero-order valence-electron chi connectivity index (χ0n) is 15.8. The van der Waals surface area contributed by atoms with E-state index in [0.717, 1.165) is 16.0 Å². The topological polar surface area (TPSA) is 66.9 Å². The molecule has 0 aliphatic carbocycles. The number of aryl methyl sites for hydroxylation is 2. The molecule has 1 aliphatic heterocycles. The standard InChI is InChI=1S/C19H24N2O4S2/c1-14-11-17(25-3)18(12-15(14)2)27(23,24)21-8-6-20(7-9-21)19(22)13-16-5-4-10-26-16/h4-5,10-12H,6-9,13H2,1-3H3. The number of piperazine rings is 1. The average Bonchev–Trinajstić information content (AvgIpc) is 3.16. The number of sulfonamides is 1. The van der Waals surface area contributed by atoms with Gasteiger partial charge in [0.2, 0.25) is 15.9 Å². The molecular weight excluding hydrogens is 384 g/mol. The predicted octanol–water partition coefficient (Wildman–Crippen LogP) is 2.45. The minimum Gasteiger partial charge on any atom is -0.495 e. The van der Waals surface area contributed by atoms with Gasteiger partial charge in [-0.3, -0.25) is 4.79 Å². The molecule has 8 heteroatoms. The summed E-state index contributed by atoms with van der Waals surface area (Å²) in [4.78, 5) is 15.4. The van der Waals surface area contributed by atoms with Gasteiger partial charge in [-0.25, -0.2) is 8.42 Å². The Bertz CT molecular complexity index is 915. The van der Waals surface area contributed by atoms with Gasteiger partial charge in [0.25, 0.3) is 0 Å². The smallest absolute Gasteiger partial charge is 0.246 e. The molecule has 1 saturated heterocycles. The molecule has 6 nitrogen and oxygen atoms in total. The Balaban J connectivity index is 1.72. The summed E-state index contributed by atoms with van der Waals surface area (Å²) in [6.07, 6.45) is 0.370. The van der Waals surface area contributed by atoms with Crippen molar-refractivity contribution in [1.82, 2.24) is 9.21 Å². The number of ether oxygens (including phenoxy) is 1. The lowest BCUT2D eigenvalue weighted by atomic mass is 10.1. The number of hydrogen-bond donors (Lipinski definition) is 0. The lowest BCUT2D eigenvalue weighted by Crippen LogP contribution is -2.50. The molecule has 27 heavy (non-hydrogen) atoms. The average molecular weight is 409 g/mol. The number of carbonyl (C=O) groups is 1. The highest BCUT2D eigenvalue weighted by Gasteiger charge is 2.32. The molecule has 1 fully saturated rings. The van der Waals surface area contributed by atoms with E-state index < -0.39 is 10.0 Å². The number of amides is 1. The molecule has 0 radical (unpaired) electrons. The third-order valence-electron chi connectivity index (χ3n) is 4.89. The molecule has 1 aliphatic rings. The van der Waals surface area contributed by atoms with E-state index in [9.17, 15) is 13.2 Å². The van der Waals surface area contributed by atoms with E-state index in [1.165, 1.54) is 11.4 Å². The van der Waals surface area contributed by atoms with Crippen LogP contribution in [0.4, 0.5) is 0 Å². The fourth-order valence-corrected chi connectivity index (χ4v) is 5.46. The maximum atomic E-state index is 13.1. The Morgan fingerprint density at radius 1 is 1.15 bits per heavy atom. The van der Waals surface area contributed by atoms with Gasteiger partial charge in [-0.15, -0.1) is 11.3 Å². The second kappa shape index (κ2) is 8.00. The highest BCUT2D eigenvalue weighted by molar-refractivity contribution is 7.89. The number of hydrogen-bond acceptors (Lipinski definition) is 5. The van der Waals surface area contributed by atoms with Crippen LogP contribution in [0.15, 0.2) is 34.5 Å². The van der Waals surface area contributed by atoms with E-state index in [1.807, 2.05) is 31.4 Å². The van der Waals surface area contributed by atoms with Crippen molar-refractivity contribution in [2.24, 2.45) is 0 Å². The van der Waals surface area contributed by atoms with Gasteiger partial charge < -0.3 is 9.64 Å². The van der Waals surface area contributed by atoms with Crippen LogP contribution in [0.2, 0.25) is 0 Å². The summed E-state index contributed by atoms with van der Waals surface area (Å²) < 4.78 is 33.0. The van der Waals surface area contributed by atoms with Crippen LogP contribution < -0.4 is 4.74 Å². The molecule has 146 valence electrons. The van der Waals surface area contributed by atoms with E-state index in [0.29, 0.717) is 25.3 Å². The van der Waals surface area contributed by atoms with Crippen molar-refractivity contribution in [1.29, 1.82) is 0 Å². The van der Waals surface area contributed by atoms with Crippen LogP contribution in [0.1, 0.15) is 16.0 Å². The summed E-state index contributed by atoms with van der Waals surface area (Å²) >= 11 is 1.56. The van der Waals surface area contributed by atoms with Gasteiger partial charge in [0.15, 0.2) is 0 Å². The Kier molecular flexibility index (Phi) is 5.88. The van der Waals surface area contributed by atoms with E-state index in [2.05, 4.69) is 0 Å². The number of thiophene rings is 1. The second-order valence-electron chi connectivity index (χ2n) is 6.63. The van der Waals surface area contributed by atoms with Crippen LogP contribution in [-0.2, 0) is 21.2 Å². The Morgan fingerprint density at radius 2 is 1.81 bits per heavy atom. The summed E-state index contributed by atoms with van der Waals surface area (Å²) in [7, 11) is -2.19. The van der Waals surface area contributed by atoms with Crippen molar-refractivity contribution in [2.45, 2.75) is 25.2 Å². The molecule has 1 amide bonds. The molecule has 0 N–H and O–H groups in total. The van der Waals surface area contributed by atoms with E-state index in [-0.39, 0.29) is 23.9 Å². The molecule has 0 unspecified atom stereocenters. The van der Waals surface area contributed by atoms with E-state index in [4.69, 9.17) is 4.74 Å². The van der Waals surface area contributed by atoms with Crippen molar-refractivity contribution >= 4 is 27.3 Å². The first-order valence-corrected chi connectivity index (χ1v) is 11.1. The lowest BCUT2D eigenvalue weighted by Gasteiger charge is -2.34. The van der Waals surface area contributed by atoms with Crippen molar-refractivity contribution in [3.63, 3.8) is 0 Å². The molecule has 2 heterocycles. The first-order chi connectivity index (χ1) is 12.8. The fraction of sp³-hybridized carbons (Fsp3) is 0.421. The van der Waals surface area contributed by atoms with Crippen molar-refractivity contribution in [2.75, 3.05) is 33.3 Å². The maximum absolute atomic E-state index is 13.1. The Labute approximate surface area is 164 Å². The monoisotopic (exact) mass is 408 g/mol. The first kappa shape index (κ1) is 19.9. The predicted molar refractivity (Wildman–Crippen MR) is 106 cm³/mol. The fourth-order valence-electron chi connectivity index (χ4n) is 3.12. The number of benzene rings is 1. The van der Waals surface area contributed by atoms with E-state index in [1.54, 1.807) is 28.4 Å². The first-order valence-electron chi connectivity index (χ1n) is 8.78. The lowest BCUT2D eigenvalue weighted by molar-refractivity contribution is -0.131. The van der Waals surface area contributed by atoms with Gasteiger partial charge >= 0.3 is 0 Å². The third-order valence-corrected chi connectivity index (χ3v) is 7.69. The largest absolute Gasteiger partial charge is 0.495 e. The quantitative estimate of drug-likeness (QED) is 0.762. The number of methoxy groups -OCH3 is 1. The van der Waals surface area contributed by atoms with Gasteiger partial charge in [-0.05, 0) is 48.6 Å². The van der Waals surface area contributed by atoms with E-state index >= 15 is 0 Å². The maximum Gasteiger partial charge on any atom is 0.246 e. The van der Waals surface area contributed by atoms with Crippen molar-refractivity contribution in [3.05, 3.63) is 45.6 Å². The molecule has 0 saturated carbocycles. The van der Waals surface area contributed by atoms with Gasteiger partial charge in [0.05, 0.1) is 13.5 Å².